The summed E-state index contributed by atoms with van der Waals surface area (Å²) in [6.45, 7) is 5.94. The van der Waals surface area contributed by atoms with Gasteiger partial charge in [-0.3, -0.25) is 14.4 Å². The molecule has 6 N–H and O–H groups in total. The van der Waals surface area contributed by atoms with Crippen molar-refractivity contribution in [3.05, 3.63) is 219 Å². The lowest BCUT2D eigenvalue weighted by molar-refractivity contribution is -0.148. The normalized spacial score (nSPS) is 25.6. The molecule has 7 aromatic rings. The van der Waals surface area contributed by atoms with E-state index in [1.54, 1.807) is 31.2 Å². The number of aryl methyl sites for hydroxylation is 2. The highest BCUT2D eigenvalue weighted by molar-refractivity contribution is 6.00. The first kappa shape index (κ1) is 60.1. The lowest BCUT2D eigenvalue weighted by atomic mass is 9.53. The molecule has 0 saturated carbocycles. The van der Waals surface area contributed by atoms with E-state index in [2.05, 4.69) is 118 Å². The molecule has 0 amide bonds. The summed E-state index contributed by atoms with van der Waals surface area (Å²) in [7, 11) is 1.50. The minimum absolute atomic E-state index is 0.00181. The zero-order chi connectivity index (χ0) is 63.5. The number of fused-ring (bicyclic) bond motifs is 4. The minimum Gasteiger partial charge on any atom is -0.508 e. The molecule has 4 heterocycles. The molecular weight excluding hydrogens is 1150 g/mol. The van der Waals surface area contributed by atoms with Crippen molar-refractivity contribution >= 4 is 34.0 Å². The highest BCUT2D eigenvalue weighted by atomic mass is 16.5. The molecule has 0 saturated heterocycles. The fourth-order valence-electron chi connectivity index (χ4n) is 16.7. The maximum atomic E-state index is 15.6. The van der Waals surface area contributed by atoms with Gasteiger partial charge >= 0.3 is 5.97 Å². The number of esters is 1. The molecule has 0 fully saturated rings. The summed E-state index contributed by atoms with van der Waals surface area (Å²) in [6, 6.07) is 27.7. The Morgan fingerprint density at radius 2 is 1.68 bits per heavy atom. The molecule has 470 valence electrons. The van der Waals surface area contributed by atoms with E-state index in [-0.39, 0.29) is 83.2 Å². The van der Waals surface area contributed by atoms with Crippen LogP contribution in [0.4, 0.5) is 5.69 Å². The smallest absolute Gasteiger partial charge is 0.302 e. The number of aromatic hydroxyl groups is 3. The van der Waals surface area contributed by atoms with E-state index in [1.165, 1.54) is 36.8 Å². The fourth-order valence-corrected chi connectivity index (χ4v) is 16.7. The van der Waals surface area contributed by atoms with Crippen molar-refractivity contribution < 1.29 is 49.0 Å². The van der Waals surface area contributed by atoms with Crippen molar-refractivity contribution in [2.45, 2.75) is 133 Å². The Hall–Kier alpha value is -9.45. The zero-order valence-electron chi connectivity index (χ0n) is 52.5. The number of aromatic nitrogens is 2. The van der Waals surface area contributed by atoms with Gasteiger partial charge in [-0.15, -0.1) is 0 Å². The van der Waals surface area contributed by atoms with Crippen LogP contribution in [0.5, 0.6) is 34.5 Å². The Morgan fingerprint density at radius 3 is 2.52 bits per heavy atom. The number of hydrogen-bond acceptors (Lipinski definition) is 12. The van der Waals surface area contributed by atoms with Crippen LogP contribution in [0.3, 0.4) is 0 Å². The number of carbonyl (C=O) groups is 3. The lowest BCUT2D eigenvalue weighted by Crippen LogP contribution is -2.41. The molecule has 6 bridgehead atoms. The van der Waals surface area contributed by atoms with Crippen LogP contribution in [0.1, 0.15) is 165 Å². The Balaban J connectivity index is 0.949. The molecule has 10 atom stereocenters. The van der Waals surface area contributed by atoms with Crippen LogP contribution in [0, 0.1) is 29.1 Å². The van der Waals surface area contributed by atoms with Gasteiger partial charge in [0, 0.05) is 110 Å². The number of H-pyrrole nitrogens is 1. The molecule has 0 radical (unpaired) electrons. The third-order valence-corrected chi connectivity index (χ3v) is 20.9. The zero-order valence-corrected chi connectivity index (χ0v) is 52.5. The fraction of sp³-hybridized carbons (Fsp3) is 0.346. The molecular formula is C78H78N4O10. The number of Topliss-reactive ketones (excluding diaryl/α,β-unsaturated/α-hetero) is 2. The van der Waals surface area contributed by atoms with Gasteiger partial charge in [0.25, 0.3) is 0 Å². The number of nitrogens with one attached hydrogen (secondary N) is 2. The first-order valence-corrected chi connectivity index (χ1v) is 32.6. The van der Waals surface area contributed by atoms with Crippen molar-refractivity contribution in [1.82, 2.24) is 14.9 Å². The maximum absolute atomic E-state index is 15.6. The third-order valence-electron chi connectivity index (χ3n) is 20.9. The van der Waals surface area contributed by atoms with Crippen molar-refractivity contribution in [3.63, 3.8) is 0 Å². The first-order valence-electron chi connectivity index (χ1n) is 32.6. The van der Waals surface area contributed by atoms with Crippen molar-refractivity contribution in [1.29, 1.82) is 0 Å². The Labute approximate surface area is 536 Å². The highest BCUT2D eigenvalue weighted by Crippen LogP contribution is 2.61. The van der Waals surface area contributed by atoms with Gasteiger partial charge in [-0.1, -0.05) is 103 Å². The number of aliphatic hydroxyl groups excluding tert-OH is 1. The monoisotopic (exact) mass is 1230 g/mol. The van der Waals surface area contributed by atoms with Crippen LogP contribution in [-0.4, -0.2) is 73.8 Å². The number of methoxy groups -OCH3 is 1. The Bertz CT molecular complexity index is 4340. The molecule has 1 spiro atoms. The lowest BCUT2D eigenvalue weighted by Gasteiger charge is -2.50. The predicted molar refractivity (Wildman–Crippen MR) is 354 cm³/mol. The van der Waals surface area contributed by atoms with Gasteiger partial charge in [-0.2, -0.15) is 0 Å². The molecule has 10 unspecified atom stereocenters. The van der Waals surface area contributed by atoms with E-state index in [1.807, 2.05) is 42.6 Å². The number of ketones is 2. The predicted octanol–water partition coefficient (Wildman–Crippen LogP) is 14.5. The largest absolute Gasteiger partial charge is 0.508 e. The van der Waals surface area contributed by atoms with Gasteiger partial charge in [0.15, 0.2) is 11.5 Å². The summed E-state index contributed by atoms with van der Waals surface area (Å²) in [4.78, 5) is 47.9. The number of hydrogen-bond donors (Lipinski definition) is 6. The van der Waals surface area contributed by atoms with Gasteiger partial charge in [-0.25, -0.2) is 0 Å². The summed E-state index contributed by atoms with van der Waals surface area (Å²) < 4.78 is 21.1. The van der Waals surface area contributed by atoms with Gasteiger partial charge in [0.2, 0.25) is 5.75 Å². The van der Waals surface area contributed by atoms with Crippen LogP contribution < -0.4 is 19.7 Å². The van der Waals surface area contributed by atoms with Gasteiger partial charge < -0.3 is 54.4 Å². The molecule has 5 aromatic carbocycles. The number of allylic oxidation sites excluding steroid dienone is 8. The van der Waals surface area contributed by atoms with Crippen LogP contribution in [0.2, 0.25) is 0 Å². The van der Waals surface area contributed by atoms with Gasteiger partial charge in [0.05, 0.1) is 30.9 Å². The number of nitrogens with zero attached hydrogens (tertiary/aromatic N) is 2. The summed E-state index contributed by atoms with van der Waals surface area (Å²) in [5, 5.41) is 52.3. The molecule has 14 rings (SSSR count). The van der Waals surface area contributed by atoms with E-state index in [0.717, 1.165) is 80.6 Å². The topological polar surface area (TPSA) is 196 Å². The van der Waals surface area contributed by atoms with E-state index < -0.39 is 41.5 Å². The molecule has 7 aliphatic rings. The molecule has 92 heavy (non-hydrogen) atoms. The van der Waals surface area contributed by atoms with E-state index >= 15 is 4.79 Å². The van der Waals surface area contributed by atoms with E-state index in [4.69, 9.17) is 14.2 Å². The van der Waals surface area contributed by atoms with Crippen molar-refractivity contribution in [3.8, 4) is 46.3 Å². The second-order valence-electron chi connectivity index (χ2n) is 26.4. The van der Waals surface area contributed by atoms with Crippen LogP contribution in [0.25, 0.3) is 10.8 Å². The summed E-state index contributed by atoms with van der Waals surface area (Å²) in [5.74, 6) is 7.47. The van der Waals surface area contributed by atoms with Gasteiger partial charge in [0.1, 0.15) is 40.7 Å². The molecule has 2 aromatic heterocycles. The number of rotatable bonds is 10. The first-order chi connectivity index (χ1) is 44.6. The number of carbonyl (C=O) groups excluding carboxylic acids is 3. The molecule has 14 nitrogen and oxygen atoms in total. The summed E-state index contributed by atoms with van der Waals surface area (Å²) in [5.41, 5.74) is 10.9. The van der Waals surface area contributed by atoms with E-state index in [9.17, 15) is 30.0 Å². The number of phenols is 3. The third kappa shape index (κ3) is 11.0. The number of anilines is 1. The quantitative estimate of drug-likeness (QED) is 0.0431. The summed E-state index contributed by atoms with van der Waals surface area (Å²) >= 11 is 0. The van der Waals surface area contributed by atoms with Crippen molar-refractivity contribution in [2.24, 2.45) is 17.3 Å². The number of aromatic amines is 1. The van der Waals surface area contributed by atoms with Crippen molar-refractivity contribution in [2.75, 3.05) is 25.1 Å². The number of dihydropyridines is 1. The van der Waals surface area contributed by atoms with Gasteiger partial charge in [-0.05, 0) is 162 Å². The number of benzene rings is 5. The van der Waals surface area contributed by atoms with Crippen LogP contribution in [0.15, 0.2) is 169 Å². The second kappa shape index (κ2) is 24.6. The maximum Gasteiger partial charge on any atom is 0.302 e. The Morgan fingerprint density at radius 1 is 0.837 bits per heavy atom. The highest BCUT2D eigenvalue weighted by Gasteiger charge is 2.51. The second-order valence-corrected chi connectivity index (χ2v) is 26.4. The number of phenolic OH excluding ortho intramolecular Hbond substituents is 3. The average molecular weight is 1230 g/mol. The molecule has 2 aliphatic heterocycles. The number of ether oxygens (including phenoxy) is 3. The standard InChI is InChI=1S/C78H78N4O10/c1-45-21-22-48-11-5-6-18-60(48)74(45)52-34-56(86)40-59(35-52)92-77-71(89)36-51(37-72(77)90-4)69-41-57(87)39-58(91-47(3)84)27-30-78-53-13-8-14-54(78)16-10-20-66(78)64-43-79-42-63(64)61(19-9-15-53)75(49-12-7-17-55(85)33-49)50-28-31-80-73(38-50)81(32-29-46(2)83)67-24-23-62-70(88)26-25-68-76(62)65(67)44-82(68)69/h5-8,10-14,17-18,20,23-24,28,33-38,40,42-45,54,58,61,66,69-70,74-75,79-80,85-86,88-89H,15-16,21-22,25-27,29-32,39,41H2,1-4H3. The summed E-state index contributed by atoms with van der Waals surface area (Å²) in [6.07, 6.45) is 25.3. The van der Waals surface area contributed by atoms with Crippen LogP contribution >= 0.6 is 0 Å². The molecule has 5 aliphatic carbocycles. The van der Waals surface area contributed by atoms with Crippen LogP contribution in [-0.2, 0) is 32.0 Å². The SMILES string of the molecule is COc1cc(C2CC(=O)CC(OC(C)=O)CCC34C5=CC=CC3CC=CC4c3c[nH]cc3C(C#CC5)C(c3cccc(O)c3)C3=CCNC(=C3)N(CCC(C)=O)c3ccc4c5c(n2cc35)CCC4O)cc(O)c1Oc1cc(O)cc(C2c3ccccc3CCC2C)c1. The minimum atomic E-state index is -0.805. The Kier molecular flexibility index (Phi) is 16.1. The molecule has 14 heteroatoms. The average Bonchev–Trinajstić information content (AvgIpc) is 1.40. The van der Waals surface area contributed by atoms with E-state index in [0.29, 0.717) is 56.5 Å². The number of aliphatic hydroxyl groups is 1.